The highest BCUT2D eigenvalue weighted by Crippen LogP contribution is 2.19. The number of carbonyl (C=O) groups is 1. The maximum atomic E-state index is 11.8. The van der Waals surface area contributed by atoms with Gasteiger partial charge in [-0.05, 0) is 30.7 Å². The molecule has 0 radical (unpaired) electrons. The van der Waals surface area contributed by atoms with Crippen LogP contribution in [-0.2, 0) is 11.3 Å². The highest BCUT2D eigenvalue weighted by molar-refractivity contribution is 6.31. The van der Waals surface area contributed by atoms with Crippen molar-refractivity contribution in [2.24, 2.45) is 0 Å². The van der Waals surface area contributed by atoms with Crippen molar-refractivity contribution < 1.29 is 4.79 Å². The molecule has 5 heteroatoms. The predicted octanol–water partition coefficient (Wildman–Crippen LogP) is 2.51. The first-order valence-corrected chi connectivity index (χ1v) is 6.96. The zero-order chi connectivity index (χ0) is 15.1. The molecule has 0 saturated carbocycles. The van der Waals surface area contributed by atoms with Crippen molar-refractivity contribution >= 4 is 17.5 Å². The molecule has 1 aromatic rings. The minimum atomic E-state index is 0.0724. The summed E-state index contributed by atoms with van der Waals surface area (Å²) in [7, 11) is 3.50. The van der Waals surface area contributed by atoms with Crippen molar-refractivity contribution in [3.63, 3.8) is 0 Å². The minimum absolute atomic E-state index is 0.0724. The lowest BCUT2D eigenvalue weighted by atomic mass is 10.1. The zero-order valence-corrected chi connectivity index (χ0v) is 12.9. The summed E-state index contributed by atoms with van der Waals surface area (Å²) in [5.41, 5.74) is 1.48. The van der Waals surface area contributed by atoms with Gasteiger partial charge in [-0.1, -0.05) is 24.6 Å². The van der Waals surface area contributed by atoms with Crippen molar-refractivity contribution in [1.82, 2.24) is 9.80 Å². The van der Waals surface area contributed by atoms with E-state index in [0.29, 0.717) is 23.7 Å². The second-order valence-corrected chi connectivity index (χ2v) is 5.32. The molecule has 108 valence electrons. The molecule has 1 rings (SSSR count). The predicted molar refractivity (Wildman–Crippen MR) is 80.4 cm³/mol. The fourth-order valence-electron chi connectivity index (χ4n) is 1.85. The summed E-state index contributed by atoms with van der Waals surface area (Å²) in [6.45, 7) is 3.89. The zero-order valence-electron chi connectivity index (χ0n) is 12.2. The van der Waals surface area contributed by atoms with Crippen LogP contribution in [0.4, 0.5) is 0 Å². The average Bonchev–Trinajstić information content (AvgIpc) is 2.41. The molecule has 1 aromatic carbocycles. The molecule has 0 fully saturated rings. The van der Waals surface area contributed by atoms with Gasteiger partial charge in [-0.2, -0.15) is 5.26 Å². The van der Waals surface area contributed by atoms with Gasteiger partial charge in [0.2, 0.25) is 5.91 Å². The van der Waals surface area contributed by atoms with Crippen LogP contribution in [0.2, 0.25) is 5.02 Å². The van der Waals surface area contributed by atoms with Gasteiger partial charge in [0, 0.05) is 25.7 Å². The Hall–Kier alpha value is -1.57. The van der Waals surface area contributed by atoms with Gasteiger partial charge < -0.3 is 4.90 Å². The van der Waals surface area contributed by atoms with Gasteiger partial charge in [0.1, 0.15) is 0 Å². The number of carbonyl (C=O) groups excluding carboxylic acids is 1. The maximum absolute atomic E-state index is 11.8. The number of amides is 1. The molecule has 0 atom stereocenters. The second-order valence-electron chi connectivity index (χ2n) is 4.92. The Balaban J connectivity index is 2.80. The third-order valence-corrected chi connectivity index (χ3v) is 3.33. The number of nitrogens with zero attached hydrogens (tertiary/aromatic N) is 3. The Labute approximate surface area is 125 Å². The molecule has 0 aliphatic carbocycles. The van der Waals surface area contributed by atoms with E-state index in [0.717, 1.165) is 18.5 Å². The summed E-state index contributed by atoms with van der Waals surface area (Å²) in [4.78, 5) is 15.5. The molecule has 0 aliphatic rings. The van der Waals surface area contributed by atoms with Crippen LogP contribution >= 0.6 is 11.6 Å². The molecule has 0 aromatic heterocycles. The van der Waals surface area contributed by atoms with Crippen LogP contribution in [0, 0.1) is 11.3 Å². The third-order valence-electron chi connectivity index (χ3n) is 2.97. The first-order chi connectivity index (χ1) is 9.47. The van der Waals surface area contributed by atoms with E-state index in [-0.39, 0.29) is 5.91 Å². The van der Waals surface area contributed by atoms with Crippen LogP contribution in [0.1, 0.15) is 24.5 Å². The normalized spacial score (nSPS) is 10.4. The summed E-state index contributed by atoms with van der Waals surface area (Å²) in [6, 6.07) is 7.32. The SMILES string of the molecule is CCCN(CC(=O)N(C)C)Cc1ccc(C#N)cc1Cl. The summed E-state index contributed by atoms with van der Waals surface area (Å²) < 4.78 is 0. The van der Waals surface area contributed by atoms with Crippen molar-refractivity contribution in [2.75, 3.05) is 27.2 Å². The molecule has 0 aliphatic heterocycles. The number of likely N-dealkylation sites (N-methyl/N-ethyl adjacent to an activating group) is 1. The first kappa shape index (κ1) is 16.5. The van der Waals surface area contributed by atoms with Crippen LogP contribution in [-0.4, -0.2) is 42.9 Å². The Morgan fingerprint density at radius 3 is 2.60 bits per heavy atom. The van der Waals surface area contributed by atoms with Gasteiger partial charge >= 0.3 is 0 Å². The minimum Gasteiger partial charge on any atom is -0.348 e. The maximum Gasteiger partial charge on any atom is 0.236 e. The largest absolute Gasteiger partial charge is 0.348 e. The van der Waals surface area contributed by atoms with E-state index in [4.69, 9.17) is 16.9 Å². The van der Waals surface area contributed by atoms with Gasteiger partial charge in [0.25, 0.3) is 0 Å². The quantitative estimate of drug-likeness (QED) is 0.810. The Morgan fingerprint density at radius 2 is 2.10 bits per heavy atom. The lowest BCUT2D eigenvalue weighted by molar-refractivity contribution is -0.130. The fraction of sp³-hybridized carbons (Fsp3) is 0.467. The van der Waals surface area contributed by atoms with Crippen molar-refractivity contribution in [2.45, 2.75) is 19.9 Å². The van der Waals surface area contributed by atoms with Gasteiger partial charge in [-0.3, -0.25) is 9.69 Å². The monoisotopic (exact) mass is 293 g/mol. The van der Waals surface area contributed by atoms with Gasteiger partial charge in [-0.15, -0.1) is 0 Å². The molecular formula is C15H20ClN3O. The third kappa shape index (κ3) is 4.84. The van der Waals surface area contributed by atoms with Crippen LogP contribution in [0.3, 0.4) is 0 Å². The lowest BCUT2D eigenvalue weighted by Crippen LogP contribution is -2.36. The van der Waals surface area contributed by atoms with Crippen LogP contribution in [0.5, 0.6) is 0 Å². The highest BCUT2D eigenvalue weighted by atomic mass is 35.5. The van der Waals surface area contributed by atoms with E-state index in [1.807, 2.05) is 6.07 Å². The van der Waals surface area contributed by atoms with E-state index in [1.54, 1.807) is 31.1 Å². The van der Waals surface area contributed by atoms with Crippen LogP contribution in [0.15, 0.2) is 18.2 Å². The summed E-state index contributed by atoms with van der Waals surface area (Å²) >= 11 is 6.18. The van der Waals surface area contributed by atoms with E-state index in [1.165, 1.54) is 0 Å². The van der Waals surface area contributed by atoms with Crippen molar-refractivity contribution in [1.29, 1.82) is 5.26 Å². The topological polar surface area (TPSA) is 47.3 Å². The molecule has 4 nitrogen and oxygen atoms in total. The van der Waals surface area contributed by atoms with E-state index in [9.17, 15) is 4.79 Å². The number of nitriles is 1. The summed E-state index contributed by atoms with van der Waals surface area (Å²) in [5.74, 6) is 0.0724. The number of halogens is 1. The lowest BCUT2D eigenvalue weighted by Gasteiger charge is -2.23. The van der Waals surface area contributed by atoms with E-state index in [2.05, 4.69) is 17.9 Å². The number of rotatable bonds is 6. The molecule has 0 spiro atoms. The summed E-state index contributed by atoms with van der Waals surface area (Å²) in [6.07, 6.45) is 0.967. The molecule has 0 unspecified atom stereocenters. The molecular weight excluding hydrogens is 274 g/mol. The molecule has 1 amide bonds. The van der Waals surface area contributed by atoms with Gasteiger partial charge in [-0.25, -0.2) is 0 Å². The van der Waals surface area contributed by atoms with Gasteiger partial charge in [0.05, 0.1) is 18.2 Å². The smallest absolute Gasteiger partial charge is 0.236 e. The average molecular weight is 294 g/mol. The molecule has 0 saturated heterocycles. The van der Waals surface area contributed by atoms with Crippen molar-refractivity contribution in [3.05, 3.63) is 34.3 Å². The highest BCUT2D eigenvalue weighted by Gasteiger charge is 2.13. The molecule has 0 heterocycles. The fourth-order valence-corrected chi connectivity index (χ4v) is 2.09. The first-order valence-electron chi connectivity index (χ1n) is 6.59. The standard InChI is InChI=1S/C15H20ClN3O/c1-4-7-19(11-15(20)18(2)3)10-13-6-5-12(9-17)8-14(13)16/h5-6,8H,4,7,10-11H2,1-3H3. The van der Waals surface area contributed by atoms with Crippen molar-refractivity contribution in [3.8, 4) is 6.07 Å². The number of hydrogen-bond acceptors (Lipinski definition) is 3. The second kappa shape index (κ2) is 7.88. The van der Waals surface area contributed by atoms with E-state index < -0.39 is 0 Å². The van der Waals surface area contributed by atoms with Crippen LogP contribution < -0.4 is 0 Å². The van der Waals surface area contributed by atoms with E-state index >= 15 is 0 Å². The summed E-state index contributed by atoms with van der Waals surface area (Å²) in [5, 5.41) is 9.40. The van der Waals surface area contributed by atoms with Gasteiger partial charge in [0.15, 0.2) is 0 Å². The number of benzene rings is 1. The molecule has 0 bridgehead atoms. The molecule has 20 heavy (non-hydrogen) atoms. The Kier molecular flexibility index (Phi) is 6.50. The van der Waals surface area contributed by atoms with Crippen LogP contribution in [0.25, 0.3) is 0 Å². The Morgan fingerprint density at radius 1 is 1.40 bits per heavy atom. The molecule has 0 N–H and O–H groups in total. The number of hydrogen-bond donors (Lipinski definition) is 0. The Bertz CT molecular complexity index is 508.